The Hall–Kier alpha value is -3.28. The third kappa shape index (κ3) is 3.45. The molecule has 0 saturated heterocycles. The highest BCUT2D eigenvalue weighted by molar-refractivity contribution is 6.13. The van der Waals surface area contributed by atoms with E-state index in [4.69, 9.17) is 18.9 Å². The zero-order valence-corrected chi connectivity index (χ0v) is 16.3. The van der Waals surface area contributed by atoms with Crippen LogP contribution in [0.2, 0.25) is 0 Å². The quantitative estimate of drug-likeness (QED) is 0.341. The second-order valence-electron chi connectivity index (χ2n) is 6.20. The van der Waals surface area contributed by atoms with Gasteiger partial charge in [0.1, 0.15) is 5.75 Å². The minimum atomic E-state index is -0.812. The van der Waals surface area contributed by atoms with Gasteiger partial charge in [0, 0.05) is 21.5 Å². The smallest absolute Gasteiger partial charge is 0.437 e. The maximum absolute atomic E-state index is 12.0. The van der Waals surface area contributed by atoms with E-state index in [2.05, 4.69) is 6.07 Å². The van der Waals surface area contributed by atoms with Crippen molar-refractivity contribution in [2.45, 2.75) is 26.7 Å². The maximum atomic E-state index is 12.0. The lowest BCUT2D eigenvalue weighted by Gasteiger charge is -2.18. The van der Waals surface area contributed by atoms with Crippen LogP contribution in [0, 0.1) is 0 Å². The van der Waals surface area contributed by atoms with Gasteiger partial charge >= 0.3 is 12.3 Å². The number of methoxy groups -OCH3 is 2. The highest BCUT2D eigenvalue weighted by Gasteiger charge is 2.22. The van der Waals surface area contributed by atoms with Crippen LogP contribution in [0.25, 0.3) is 21.5 Å². The molecule has 0 bridgehead atoms. The van der Waals surface area contributed by atoms with Crippen molar-refractivity contribution in [2.24, 2.45) is 0 Å². The summed E-state index contributed by atoms with van der Waals surface area (Å²) in [6.07, 6.45) is -0.110. The SMILES string of the molecule is CCc1cc(CC)c2c(OC(=O)OC)c3ccccc3c(OC(=O)OC)c2c1. The first kappa shape index (κ1) is 19.5. The standard InChI is InChI=1S/C22H22O6/c1-5-13-11-14(6-2)18-17(12-13)19(27-21(23)25-3)15-9-7-8-10-16(15)20(18)28-22(24)26-4/h7-12H,5-6H2,1-4H3. The number of ether oxygens (including phenoxy) is 4. The Bertz CT molecular complexity index is 1050. The third-order valence-corrected chi connectivity index (χ3v) is 4.66. The van der Waals surface area contributed by atoms with Crippen LogP contribution in [-0.2, 0) is 22.3 Å². The van der Waals surface area contributed by atoms with Crippen LogP contribution in [-0.4, -0.2) is 26.5 Å². The number of carbonyl (C=O) groups excluding carboxylic acids is 2. The summed E-state index contributed by atoms with van der Waals surface area (Å²) in [5.41, 5.74) is 2.06. The van der Waals surface area contributed by atoms with Crippen molar-refractivity contribution in [1.29, 1.82) is 0 Å². The molecule has 3 aromatic carbocycles. The fraction of sp³-hybridized carbons (Fsp3) is 0.273. The van der Waals surface area contributed by atoms with Crippen molar-refractivity contribution in [3.8, 4) is 11.5 Å². The summed E-state index contributed by atoms with van der Waals surface area (Å²) in [5.74, 6) is 0.758. The molecule has 0 aromatic heterocycles. The molecule has 6 nitrogen and oxygen atoms in total. The Kier molecular flexibility index (Phi) is 5.68. The van der Waals surface area contributed by atoms with Crippen LogP contribution in [0.5, 0.6) is 11.5 Å². The van der Waals surface area contributed by atoms with E-state index in [1.165, 1.54) is 14.2 Å². The van der Waals surface area contributed by atoms with E-state index in [9.17, 15) is 9.59 Å². The Morgan fingerprint density at radius 1 is 0.786 bits per heavy atom. The van der Waals surface area contributed by atoms with Gasteiger partial charge in [-0.3, -0.25) is 0 Å². The molecular formula is C22H22O6. The molecule has 0 aliphatic rings. The van der Waals surface area contributed by atoms with Gasteiger partial charge in [0.25, 0.3) is 0 Å². The fourth-order valence-electron chi connectivity index (χ4n) is 3.32. The first-order chi connectivity index (χ1) is 13.5. The molecule has 0 aliphatic carbocycles. The van der Waals surface area contributed by atoms with E-state index >= 15 is 0 Å². The van der Waals surface area contributed by atoms with Crippen LogP contribution in [0.15, 0.2) is 36.4 Å². The van der Waals surface area contributed by atoms with Crippen molar-refractivity contribution in [3.05, 3.63) is 47.5 Å². The number of fused-ring (bicyclic) bond motifs is 2. The molecule has 0 aliphatic heterocycles. The summed E-state index contributed by atoms with van der Waals surface area (Å²) < 4.78 is 20.5. The molecule has 0 fully saturated rings. The monoisotopic (exact) mass is 382 g/mol. The minimum Gasteiger partial charge on any atom is -0.437 e. The number of carbonyl (C=O) groups is 2. The molecule has 0 N–H and O–H groups in total. The first-order valence-electron chi connectivity index (χ1n) is 9.05. The Labute approximate surface area is 162 Å². The number of aryl methyl sites for hydroxylation is 2. The topological polar surface area (TPSA) is 71.1 Å². The predicted octanol–water partition coefficient (Wildman–Crippen LogP) is 5.41. The Morgan fingerprint density at radius 3 is 1.89 bits per heavy atom. The lowest BCUT2D eigenvalue weighted by atomic mass is 9.93. The molecule has 3 rings (SSSR count). The van der Waals surface area contributed by atoms with Crippen LogP contribution >= 0.6 is 0 Å². The highest BCUT2D eigenvalue weighted by atomic mass is 16.7. The van der Waals surface area contributed by atoms with Crippen molar-refractivity contribution in [3.63, 3.8) is 0 Å². The molecule has 0 unspecified atom stereocenters. The Morgan fingerprint density at radius 2 is 1.36 bits per heavy atom. The maximum Gasteiger partial charge on any atom is 0.513 e. The van der Waals surface area contributed by atoms with E-state index < -0.39 is 12.3 Å². The lowest BCUT2D eigenvalue weighted by molar-refractivity contribution is 0.120. The molecule has 28 heavy (non-hydrogen) atoms. The second-order valence-corrected chi connectivity index (χ2v) is 6.20. The number of hydrogen-bond donors (Lipinski definition) is 0. The van der Waals surface area contributed by atoms with Crippen molar-refractivity contribution in [2.75, 3.05) is 14.2 Å². The van der Waals surface area contributed by atoms with Crippen molar-refractivity contribution in [1.82, 2.24) is 0 Å². The van der Waals surface area contributed by atoms with Crippen LogP contribution < -0.4 is 9.47 Å². The van der Waals surface area contributed by atoms with Gasteiger partial charge in [0.15, 0.2) is 5.75 Å². The van der Waals surface area contributed by atoms with E-state index in [0.717, 1.165) is 17.5 Å². The van der Waals surface area contributed by atoms with E-state index in [1.54, 1.807) is 6.07 Å². The lowest BCUT2D eigenvalue weighted by Crippen LogP contribution is -2.11. The van der Waals surface area contributed by atoms with Crippen molar-refractivity contribution < 1.29 is 28.5 Å². The molecule has 6 heteroatoms. The van der Waals surface area contributed by atoms with Gasteiger partial charge in [0.2, 0.25) is 0 Å². The molecule has 0 radical (unpaired) electrons. The summed E-state index contributed by atoms with van der Waals surface area (Å²) in [6.45, 7) is 4.07. The van der Waals surface area contributed by atoms with Gasteiger partial charge in [0.05, 0.1) is 14.2 Å². The minimum absolute atomic E-state index is 0.375. The molecule has 0 saturated carbocycles. The third-order valence-electron chi connectivity index (χ3n) is 4.66. The average Bonchev–Trinajstić information content (AvgIpc) is 2.74. The van der Waals surface area contributed by atoms with E-state index in [1.807, 2.05) is 38.1 Å². The number of benzene rings is 3. The van der Waals surface area contributed by atoms with Crippen LogP contribution in [0.3, 0.4) is 0 Å². The molecule has 0 heterocycles. The van der Waals surface area contributed by atoms with Gasteiger partial charge in [-0.15, -0.1) is 0 Å². The van der Waals surface area contributed by atoms with Gasteiger partial charge in [-0.1, -0.05) is 44.2 Å². The highest BCUT2D eigenvalue weighted by Crippen LogP contribution is 2.45. The molecule has 0 spiro atoms. The molecule has 146 valence electrons. The van der Waals surface area contributed by atoms with E-state index in [-0.39, 0.29) is 0 Å². The number of hydrogen-bond acceptors (Lipinski definition) is 6. The van der Waals surface area contributed by atoms with Gasteiger partial charge in [-0.25, -0.2) is 9.59 Å². The van der Waals surface area contributed by atoms with Gasteiger partial charge < -0.3 is 18.9 Å². The fourth-order valence-corrected chi connectivity index (χ4v) is 3.32. The van der Waals surface area contributed by atoms with Gasteiger partial charge in [-0.05, 0) is 30.0 Å². The molecule has 0 amide bonds. The van der Waals surface area contributed by atoms with Crippen molar-refractivity contribution >= 4 is 33.9 Å². The average molecular weight is 382 g/mol. The normalized spacial score (nSPS) is 10.7. The summed E-state index contributed by atoms with van der Waals surface area (Å²) in [6, 6.07) is 11.3. The van der Waals surface area contributed by atoms with E-state index in [0.29, 0.717) is 39.5 Å². The summed E-state index contributed by atoms with van der Waals surface area (Å²) in [7, 11) is 2.52. The largest absolute Gasteiger partial charge is 0.513 e. The van der Waals surface area contributed by atoms with Gasteiger partial charge in [-0.2, -0.15) is 0 Å². The Balaban J connectivity index is 2.50. The molecule has 3 aromatic rings. The number of rotatable bonds is 4. The van der Waals surface area contributed by atoms with Crippen LogP contribution in [0.4, 0.5) is 9.59 Å². The molecular weight excluding hydrogens is 360 g/mol. The zero-order valence-electron chi connectivity index (χ0n) is 16.3. The zero-order chi connectivity index (χ0) is 20.3. The predicted molar refractivity (Wildman–Crippen MR) is 106 cm³/mol. The summed E-state index contributed by atoms with van der Waals surface area (Å²) in [4.78, 5) is 23.9. The molecule has 0 atom stereocenters. The summed E-state index contributed by atoms with van der Waals surface area (Å²) in [5, 5.41) is 2.66. The summed E-state index contributed by atoms with van der Waals surface area (Å²) >= 11 is 0. The second kappa shape index (κ2) is 8.17. The van der Waals surface area contributed by atoms with Crippen LogP contribution in [0.1, 0.15) is 25.0 Å². The first-order valence-corrected chi connectivity index (χ1v) is 9.05.